The highest BCUT2D eigenvalue weighted by Crippen LogP contribution is 2.09. The van der Waals surface area contributed by atoms with Crippen LogP contribution in [0.25, 0.3) is 0 Å². The Labute approximate surface area is 88.9 Å². The monoisotopic (exact) mass is 221 g/mol. The Balaban J connectivity index is 4.39. The van der Waals surface area contributed by atoms with Crippen LogP contribution >= 0.6 is 11.6 Å². The van der Waals surface area contributed by atoms with Crippen LogP contribution in [0.2, 0.25) is 0 Å². The highest BCUT2D eigenvalue weighted by atomic mass is 35.5. The molecule has 0 fully saturated rings. The normalized spacial score (nSPS) is 14.3. The second kappa shape index (κ2) is 6.65. The minimum absolute atomic E-state index is 0.0367. The van der Waals surface area contributed by atoms with Gasteiger partial charge in [-0.2, -0.15) is 0 Å². The molecular weight excluding hydrogens is 206 g/mol. The number of hydrogen-bond donors (Lipinski definition) is 1. The van der Waals surface area contributed by atoms with Crippen LogP contribution in [0.5, 0.6) is 0 Å². The summed E-state index contributed by atoms with van der Waals surface area (Å²) in [6, 6.07) is -0.601. The molecular formula is C9H16ClNO3. The molecule has 0 aliphatic rings. The number of alkyl halides is 1. The van der Waals surface area contributed by atoms with Crippen molar-refractivity contribution in [1.29, 1.82) is 0 Å². The van der Waals surface area contributed by atoms with E-state index in [2.05, 4.69) is 10.1 Å². The summed E-state index contributed by atoms with van der Waals surface area (Å²) >= 11 is 5.33. The summed E-state index contributed by atoms with van der Waals surface area (Å²) in [7, 11) is 1.30. The summed E-state index contributed by atoms with van der Waals surface area (Å²) in [6.07, 6.45) is 0.780. The molecule has 2 atom stereocenters. The van der Waals surface area contributed by atoms with Crippen LogP contribution in [0.3, 0.4) is 0 Å². The molecule has 5 heteroatoms. The molecule has 0 aliphatic heterocycles. The van der Waals surface area contributed by atoms with E-state index in [-0.39, 0.29) is 17.7 Å². The van der Waals surface area contributed by atoms with Crippen molar-refractivity contribution in [2.45, 2.75) is 26.3 Å². The van der Waals surface area contributed by atoms with Gasteiger partial charge >= 0.3 is 5.97 Å². The number of methoxy groups -OCH3 is 1. The second-order valence-electron chi connectivity index (χ2n) is 3.09. The van der Waals surface area contributed by atoms with Gasteiger partial charge in [0.2, 0.25) is 5.91 Å². The maximum atomic E-state index is 11.3. The third-order valence-electron chi connectivity index (χ3n) is 2.11. The average molecular weight is 222 g/mol. The van der Waals surface area contributed by atoms with Gasteiger partial charge < -0.3 is 10.1 Å². The van der Waals surface area contributed by atoms with E-state index in [0.717, 1.165) is 6.42 Å². The van der Waals surface area contributed by atoms with Gasteiger partial charge in [0.1, 0.15) is 11.9 Å². The maximum Gasteiger partial charge on any atom is 0.328 e. The molecule has 0 aromatic carbocycles. The number of carbonyl (C=O) groups is 2. The van der Waals surface area contributed by atoms with Gasteiger partial charge in [-0.1, -0.05) is 20.3 Å². The quantitative estimate of drug-likeness (QED) is 0.555. The summed E-state index contributed by atoms with van der Waals surface area (Å²) in [5, 5.41) is 2.52. The van der Waals surface area contributed by atoms with Gasteiger partial charge in [-0.25, -0.2) is 4.79 Å². The van der Waals surface area contributed by atoms with Gasteiger partial charge in [-0.3, -0.25) is 4.79 Å². The minimum atomic E-state index is -0.601. The Bertz CT molecular complexity index is 208. The zero-order valence-electron chi connectivity index (χ0n) is 8.67. The predicted octanol–water partition coefficient (Wildman–Crippen LogP) is 0.929. The van der Waals surface area contributed by atoms with Crippen LogP contribution in [0, 0.1) is 5.92 Å². The SMILES string of the molecule is CC[C@@H](C)[C@@H](NC(=O)CCl)C(=O)OC. The van der Waals surface area contributed by atoms with Crippen molar-refractivity contribution in [1.82, 2.24) is 5.32 Å². The van der Waals surface area contributed by atoms with Crippen molar-refractivity contribution in [2.24, 2.45) is 5.92 Å². The summed E-state index contributed by atoms with van der Waals surface area (Å²) in [6.45, 7) is 3.81. The van der Waals surface area contributed by atoms with E-state index in [1.165, 1.54) is 7.11 Å². The first-order valence-electron chi connectivity index (χ1n) is 4.49. The Morgan fingerprint density at radius 3 is 2.43 bits per heavy atom. The fourth-order valence-electron chi connectivity index (χ4n) is 1.01. The third kappa shape index (κ3) is 3.96. The summed E-state index contributed by atoms with van der Waals surface area (Å²) in [4.78, 5) is 22.3. The van der Waals surface area contributed by atoms with E-state index in [9.17, 15) is 9.59 Å². The lowest BCUT2D eigenvalue weighted by Crippen LogP contribution is -2.46. The fourth-order valence-corrected chi connectivity index (χ4v) is 1.09. The van der Waals surface area contributed by atoms with E-state index in [1.807, 2.05) is 13.8 Å². The van der Waals surface area contributed by atoms with Crippen LogP contribution in [0.15, 0.2) is 0 Å². The summed E-state index contributed by atoms with van der Waals surface area (Å²) in [5.41, 5.74) is 0. The number of halogens is 1. The van der Waals surface area contributed by atoms with Crippen molar-refractivity contribution in [2.75, 3.05) is 13.0 Å². The number of amides is 1. The molecule has 0 spiro atoms. The van der Waals surface area contributed by atoms with Crippen LogP contribution in [-0.4, -0.2) is 30.9 Å². The molecule has 1 N–H and O–H groups in total. The summed E-state index contributed by atoms with van der Waals surface area (Å²) < 4.78 is 4.58. The first-order valence-corrected chi connectivity index (χ1v) is 5.03. The first kappa shape index (κ1) is 13.2. The first-order chi connectivity index (χ1) is 6.56. The smallest absolute Gasteiger partial charge is 0.328 e. The Morgan fingerprint density at radius 2 is 2.07 bits per heavy atom. The Morgan fingerprint density at radius 1 is 1.50 bits per heavy atom. The van der Waals surface area contributed by atoms with Gasteiger partial charge in [0.25, 0.3) is 0 Å². The molecule has 4 nitrogen and oxygen atoms in total. The van der Waals surface area contributed by atoms with Gasteiger partial charge in [0, 0.05) is 0 Å². The highest BCUT2D eigenvalue weighted by Gasteiger charge is 2.25. The zero-order valence-corrected chi connectivity index (χ0v) is 9.43. The lowest BCUT2D eigenvalue weighted by Gasteiger charge is -2.21. The van der Waals surface area contributed by atoms with Crippen LogP contribution < -0.4 is 5.32 Å². The molecule has 0 aromatic heterocycles. The van der Waals surface area contributed by atoms with Crippen molar-refractivity contribution in [3.05, 3.63) is 0 Å². The van der Waals surface area contributed by atoms with E-state index in [1.54, 1.807) is 0 Å². The van der Waals surface area contributed by atoms with E-state index >= 15 is 0 Å². The molecule has 0 heterocycles. The molecule has 82 valence electrons. The Hall–Kier alpha value is -0.770. The number of rotatable bonds is 5. The topological polar surface area (TPSA) is 55.4 Å². The van der Waals surface area contributed by atoms with Gasteiger partial charge in [-0.05, 0) is 5.92 Å². The molecule has 1 amide bonds. The molecule has 0 bridgehead atoms. The maximum absolute atomic E-state index is 11.3. The molecule has 0 saturated carbocycles. The molecule has 0 aliphatic carbocycles. The lowest BCUT2D eigenvalue weighted by molar-refractivity contribution is -0.146. The van der Waals surface area contributed by atoms with Crippen molar-refractivity contribution >= 4 is 23.5 Å². The molecule has 0 saturated heterocycles. The minimum Gasteiger partial charge on any atom is -0.467 e. The molecule has 0 rings (SSSR count). The standard InChI is InChI=1S/C9H16ClNO3/c1-4-6(2)8(9(13)14-3)11-7(12)5-10/h6,8H,4-5H2,1-3H3,(H,11,12)/t6-,8-/m1/s1. The Kier molecular flexibility index (Phi) is 6.28. The van der Waals surface area contributed by atoms with Crippen molar-refractivity contribution < 1.29 is 14.3 Å². The number of ether oxygens (including phenoxy) is 1. The van der Waals surface area contributed by atoms with Gasteiger partial charge in [0.05, 0.1) is 7.11 Å². The number of hydrogen-bond acceptors (Lipinski definition) is 3. The number of nitrogens with one attached hydrogen (secondary N) is 1. The number of carbonyl (C=O) groups excluding carboxylic acids is 2. The molecule has 14 heavy (non-hydrogen) atoms. The van der Waals surface area contributed by atoms with Gasteiger partial charge in [0.15, 0.2) is 0 Å². The largest absolute Gasteiger partial charge is 0.467 e. The van der Waals surface area contributed by atoms with Crippen LogP contribution in [-0.2, 0) is 14.3 Å². The third-order valence-corrected chi connectivity index (χ3v) is 2.35. The van der Waals surface area contributed by atoms with Gasteiger partial charge in [-0.15, -0.1) is 11.6 Å². The van der Waals surface area contributed by atoms with Crippen molar-refractivity contribution in [3.8, 4) is 0 Å². The summed E-state index contributed by atoms with van der Waals surface area (Å²) in [5.74, 6) is -0.904. The highest BCUT2D eigenvalue weighted by molar-refractivity contribution is 6.27. The second-order valence-corrected chi connectivity index (χ2v) is 3.35. The van der Waals surface area contributed by atoms with E-state index in [4.69, 9.17) is 11.6 Å². The predicted molar refractivity (Wildman–Crippen MR) is 54.1 cm³/mol. The molecule has 0 unspecified atom stereocenters. The van der Waals surface area contributed by atoms with Crippen LogP contribution in [0.1, 0.15) is 20.3 Å². The number of esters is 1. The zero-order chi connectivity index (χ0) is 11.1. The lowest BCUT2D eigenvalue weighted by atomic mass is 9.99. The van der Waals surface area contributed by atoms with Crippen molar-refractivity contribution in [3.63, 3.8) is 0 Å². The average Bonchev–Trinajstić information content (AvgIpc) is 2.23. The van der Waals surface area contributed by atoms with E-state index in [0.29, 0.717) is 0 Å². The molecule has 0 radical (unpaired) electrons. The van der Waals surface area contributed by atoms with E-state index < -0.39 is 12.0 Å². The molecule has 0 aromatic rings. The fraction of sp³-hybridized carbons (Fsp3) is 0.778. The van der Waals surface area contributed by atoms with Crippen LogP contribution in [0.4, 0.5) is 0 Å².